The SMILES string of the molecule is CC1(C)C=CC=CC([N+](=O)[O-])=C1. The zero-order valence-corrected chi connectivity index (χ0v) is 7.15. The second-order valence-electron chi connectivity index (χ2n) is 3.37. The van der Waals surface area contributed by atoms with Gasteiger partial charge in [-0.3, -0.25) is 10.1 Å². The van der Waals surface area contributed by atoms with Gasteiger partial charge in [0.2, 0.25) is 0 Å². The summed E-state index contributed by atoms with van der Waals surface area (Å²) in [6.45, 7) is 3.86. The second-order valence-corrected chi connectivity index (χ2v) is 3.37. The Hall–Kier alpha value is -1.38. The Morgan fingerprint density at radius 1 is 1.42 bits per heavy atom. The van der Waals surface area contributed by atoms with E-state index in [9.17, 15) is 10.1 Å². The molecule has 12 heavy (non-hydrogen) atoms. The van der Waals surface area contributed by atoms with Crippen LogP contribution in [-0.4, -0.2) is 4.92 Å². The van der Waals surface area contributed by atoms with Gasteiger partial charge in [-0.15, -0.1) is 0 Å². The summed E-state index contributed by atoms with van der Waals surface area (Å²) in [5, 5.41) is 10.5. The lowest BCUT2D eigenvalue weighted by Crippen LogP contribution is -2.06. The maximum absolute atomic E-state index is 10.5. The Balaban J connectivity index is 3.03. The van der Waals surface area contributed by atoms with Gasteiger partial charge in [-0.1, -0.05) is 32.1 Å². The molecule has 3 nitrogen and oxygen atoms in total. The van der Waals surface area contributed by atoms with Crippen LogP contribution in [0, 0.1) is 15.5 Å². The molecule has 64 valence electrons. The Morgan fingerprint density at radius 3 is 2.67 bits per heavy atom. The molecule has 0 radical (unpaired) electrons. The number of rotatable bonds is 1. The maximum Gasteiger partial charge on any atom is 0.266 e. The molecule has 0 atom stereocenters. The lowest BCUT2D eigenvalue weighted by Gasteiger charge is -2.11. The van der Waals surface area contributed by atoms with Gasteiger partial charge in [0.05, 0.1) is 4.92 Å². The summed E-state index contributed by atoms with van der Waals surface area (Å²) >= 11 is 0. The van der Waals surface area contributed by atoms with Gasteiger partial charge in [0.25, 0.3) is 5.70 Å². The number of allylic oxidation sites excluding steroid dienone is 5. The highest BCUT2D eigenvalue weighted by molar-refractivity contribution is 5.26. The van der Waals surface area contributed by atoms with Crippen LogP contribution < -0.4 is 0 Å². The van der Waals surface area contributed by atoms with Crippen LogP contribution in [0.15, 0.2) is 36.1 Å². The van der Waals surface area contributed by atoms with Gasteiger partial charge in [-0.05, 0) is 0 Å². The number of nitrogens with zero attached hydrogens (tertiary/aromatic N) is 1. The summed E-state index contributed by atoms with van der Waals surface area (Å²) in [7, 11) is 0. The molecule has 3 heteroatoms. The molecule has 0 heterocycles. The highest BCUT2D eigenvalue weighted by Gasteiger charge is 2.17. The van der Waals surface area contributed by atoms with Gasteiger partial charge >= 0.3 is 0 Å². The molecule has 0 saturated heterocycles. The van der Waals surface area contributed by atoms with Crippen molar-refractivity contribution in [1.29, 1.82) is 0 Å². The fraction of sp³-hybridized carbons (Fsp3) is 0.333. The predicted octanol–water partition coefficient (Wildman–Crippen LogP) is 2.30. The minimum Gasteiger partial charge on any atom is -0.258 e. The smallest absolute Gasteiger partial charge is 0.258 e. The van der Waals surface area contributed by atoms with E-state index in [1.807, 2.05) is 26.0 Å². The first-order chi connectivity index (χ1) is 5.51. The topological polar surface area (TPSA) is 43.1 Å². The van der Waals surface area contributed by atoms with E-state index in [1.54, 1.807) is 12.2 Å². The average Bonchev–Trinajstić information content (AvgIpc) is 2.10. The first-order valence-electron chi connectivity index (χ1n) is 3.74. The van der Waals surface area contributed by atoms with Gasteiger partial charge in [-0.25, -0.2) is 0 Å². The molecule has 1 rings (SSSR count). The van der Waals surface area contributed by atoms with Gasteiger partial charge in [0, 0.05) is 17.6 Å². The van der Waals surface area contributed by atoms with Gasteiger partial charge in [0.1, 0.15) is 0 Å². The average molecular weight is 165 g/mol. The van der Waals surface area contributed by atoms with Crippen LogP contribution in [0.5, 0.6) is 0 Å². The molecule has 0 spiro atoms. The van der Waals surface area contributed by atoms with Crippen LogP contribution >= 0.6 is 0 Å². The lowest BCUT2D eigenvalue weighted by molar-refractivity contribution is -0.419. The van der Waals surface area contributed by atoms with E-state index in [2.05, 4.69) is 0 Å². The van der Waals surface area contributed by atoms with Crippen LogP contribution in [0.3, 0.4) is 0 Å². The predicted molar refractivity (Wildman–Crippen MR) is 47.1 cm³/mol. The van der Waals surface area contributed by atoms with Crippen molar-refractivity contribution in [2.24, 2.45) is 5.41 Å². The minimum absolute atomic E-state index is 0.157. The molecular formula is C9H11NO2. The molecule has 1 aliphatic rings. The molecule has 1 aliphatic carbocycles. The zero-order chi connectivity index (χ0) is 9.19. The summed E-state index contributed by atoms with van der Waals surface area (Å²) in [4.78, 5) is 10.1. The highest BCUT2D eigenvalue weighted by Crippen LogP contribution is 2.23. The number of hydrogen-bond donors (Lipinski definition) is 0. The molecule has 0 saturated carbocycles. The standard InChI is InChI=1S/C9H11NO2/c1-9(2)6-4-3-5-8(7-9)10(11)12/h3-7H,1-2H3. The van der Waals surface area contributed by atoms with Crippen LogP contribution in [0.1, 0.15) is 13.8 Å². The van der Waals surface area contributed by atoms with Gasteiger partial charge in [-0.2, -0.15) is 0 Å². The van der Waals surface area contributed by atoms with Crippen molar-refractivity contribution >= 4 is 0 Å². The van der Waals surface area contributed by atoms with Gasteiger partial charge < -0.3 is 0 Å². The van der Waals surface area contributed by atoms with Crippen molar-refractivity contribution in [2.45, 2.75) is 13.8 Å². The Bertz CT molecular complexity index is 285. The summed E-state index contributed by atoms with van der Waals surface area (Å²) in [6.07, 6.45) is 8.59. The van der Waals surface area contributed by atoms with Crippen molar-refractivity contribution in [3.05, 3.63) is 46.2 Å². The van der Waals surface area contributed by atoms with Crippen LogP contribution in [0.25, 0.3) is 0 Å². The molecule has 0 bridgehead atoms. The summed E-state index contributed by atoms with van der Waals surface area (Å²) in [5.74, 6) is 0. The van der Waals surface area contributed by atoms with Crippen molar-refractivity contribution in [2.75, 3.05) is 0 Å². The molecule has 0 fully saturated rings. The van der Waals surface area contributed by atoms with E-state index in [1.165, 1.54) is 6.08 Å². The molecule has 0 aromatic heterocycles. The lowest BCUT2D eigenvalue weighted by atomic mass is 9.93. The van der Waals surface area contributed by atoms with Crippen LogP contribution in [0.4, 0.5) is 0 Å². The quantitative estimate of drug-likeness (QED) is 0.442. The van der Waals surface area contributed by atoms with Crippen molar-refractivity contribution < 1.29 is 4.92 Å². The number of hydrogen-bond acceptors (Lipinski definition) is 2. The van der Waals surface area contributed by atoms with E-state index in [0.717, 1.165) is 0 Å². The van der Waals surface area contributed by atoms with Gasteiger partial charge in [0.15, 0.2) is 0 Å². The first kappa shape index (κ1) is 8.71. The van der Waals surface area contributed by atoms with E-state index in [-0.39, 0.29) is 16.0 Å². The van der Waals surface area contributed by atoms with E-state index >= 15 is 0 Å². The molecule has 0 aromatic rings. The monoisotopic (exact) mass is 165 g/mol. The number of nitro groups is 1. The second kappa shape index (κ2) is 2.93. The minimum atomic E-state index is -0.370. The summed E-state index contributed by atoms with van der Waals surface area (Å²) in [6, 6.07) is 0. The van der Waals surface area contributed by atoms with Crippen molar-refractivity contribution in [1.82, 2.24) is 0 Å². The molecular weight excluding hydrogens is 154 g/mol. The Labute approximate surface area is 71.2 Å². The third kappa shape index (κ3) is 2.05. The van der Waals surface area contributed by atoms with Crippen molar-refractivity contribution in [3.63, 3.8) is 0 Å². The molecule has 0 unspecified atom stereocenters. The normalized spacial score (nSPS) is 20.0. The molecule has 0 amide bonds. The summed E-state index contributed by atoms with van der Waals surface area (Å²) < 4.78 is 0. The third-order valence-corrected chi connectivity index (χ3v) is 1.63. The highest BCUT2D eigenvalue weighted by atomic mass is 16.6. The van der Waals surface area contributed by atoms with E-state index < -0.39 is 0 Å². The fourth-order valence-corrected chi connectivity index (χ4v) is 1.05. The first-order valence-corrected chi connectivity index (χ1v) is 3.74. The summed E-state index contributed by atoms with van der Waals surface area (Å²) in [5.41, 5.74) is -0.0728. The molecule has 0 aliphatic heterocycles. The molecule has 0 N–H and O–H groups in total. The van der Waals surface area contributed by atoms with Crippen LogP contribution in [-0.2, 0) is 0 Å². The Morgan fingerprint density at radius 2 is 2.08 bits per heavy atom. The fourth-order valence-electron chi connectivity index (χ4n) is 1.05. The van der Waals surface area contributed by atoms with E-state index in [4.69, 9.17) is 0 Å². The zero-order valence-electron chi connectivity index (χ0n) is 7.15. The third-order valence-electron chi connectivity index (χ3n) is 1.63. The molecule has 0 aromatic carbocycles. The maximum atomic E-state index is 10.5. The van der Waals surface area contributed by atoms with E-state index in [0.29, 0.717) is 0 Å². The Kier molecular flexibility index (Phi) is 2.13. The largest absolute Gasteiger partial charge is 0.266 e. The van der Waals surface area contributed by atoms with Crippen LogP contribution in [0.2, 0.25) is 0 Å². The van der Waals surface area contributed by atoms with Crippen molar-refractivity contribution in [3.8, 4) is 0 Å².